The van der Waals surface area contributed by atoms with Gasteiger partial charge in [0.25, 0.3) is 0 Å². The molecule has 0 radical (unpaired) electrons. The smallest absolute Gasteiger partial charge is 0.225 e. The lowest BCUT2D eigenvalue weighted by molar-refractivity contribution is -0.131. The van der Waals surface area contributed by atoms with Crippen LogP contribution < -0.4 is 9.82 Å². The predicted octanol–water partition coefficient (Wildman–Crippen LogP) is 0.482. The van der Waals surface area contributed by atoms with Crippen LogP contribution in [0.3, 0.4) is 0 Å². The van der Waals surface area contributed by atoms with Gasteiger partial charge in [-0.3, -0.25) is 9.59 Å². The molecule has 0 aliphatic heterocycles. The van der Waals surface area contributed by atoms with Crippen LogP contribution in [0.2, 0.25) is 0 Å². The highest BCUT2D eigenvalue weighted by atomic mass is 16.2. The van der Waals surface area contributed by atoms with Gasteiger partial charge in [-0.15, -0.1) is 0 Å². The van der Waals surface area contributed by atoms with Crippen LogP contribution in [0.25, 0.3) is 0 Å². The number of hydrogen-bond acceptors (Lipinski definition) is 6. The molecule has 0 fully saturated rings. The molecule has 0 saturated heterocycles. The van der Waals surface area contributed by atoms with Crippen molar-refractivity contribution in [3.8, 4) is 0 Å². The monoisotopic (exact) mass is 196 g/mol. The summed E-state index contributed by atoms with van der Waals surface area (Å²) in [7, 11) is 0. The van der Waals surface area contributed by atoms with Crippen LogP contribution in [0, 0.1) is 22.1 Å². The largest absolute Gasteiger partial charge is 0.286 e. The fourth-order valence-electron chi connectivity index (χ4n) is 0.450. The van der Waals surface area contributed by atoms with Crippen molar-refractivity contribution in [1.82, 2.24) is 9.82 Å². The summed E-state index contributed by atoms with van der Waals surface area (Å²) in [4.78, 5) is 24.6. The van der Waals surface area contributed by atoms with E-state index in [0.717, 1.165) is 0 Å². The third-order valence-electron chi connectivity index (χ3n) is 0.849. The third-order valence-corrected chi connectivity index (χ3v) is 0.849. The maximum Gasteiger partial charge on any atom is 0.225 e. The second kappa shape index (κ2) is 10.4. The van der Waals surface area contributed by atoms with Crippen LogP contribution in [-0.2, 0) is 9.59 Å². The molecule has 0 heterocycles. The molecule has 1 rings (SSSR count). The Labute approximate surface area is 78.4 Å². The number of carbonyl (C=O) groups is 2. The zero-order valence-corrected chi connectivity index (χ0v) is 7.02. The van der Waals surface area contributed by atoms with Crippen LogP contribution in [0.5, 0.6) is 0 Å². The maximum absolute atomic E-state index is 10.3. The Morgan fingerprint density at radius 1 is 0.786 bits per heavy atom. The van der Waals surface area contributed by atoms with E-state index >= 15 is 0 Å². The van der Waals surface area contributed by atoms with Gasteiger partial charge in [0.2, 0.25) is 21.4 Å². The molecular formula is C6H8N6O2+2. The van der Waals surface area contributed by atoms with E-state index in [-0.39, 0.29) is 0 Å². The summed E-state index contributed by atoms with van der Waals surface area (Å²) in [6.45, 7) is 0. The van der Waals surface area contributed by atoms with Crippen molar-refractivity contribution in [2.45, 2.75) is 0 Å². The van der Waals surface area contributed by atoms with Gasteiger partial charge in [0.05, 0.1) is 0 Å². The van der Waals surface area contributed by atoms with Gasteiger partial charge < -0.3 is 0 Å². The van der Waals surface area contributed by atoms with Crippen molar-refractivity contribution < 1.29 is 9.59 Å². The topological polar surface area (TPSA) is 158 Å². The molecule has 72 valence electrons. The Bertz CT molecular complexity index is 296. The molecule has 0 atom stereocenters. The SMILES string of the molecule is N=[N+]=N.N=[N+]=N.O=C1C=CC=CC1=O. The van der Waals surface area contributed by atoms with Gasteiger partial charge in [0.15, 0.2) is 0 Å². The highest BCUT2D eigenvalue weighted by Crippen LogP contribution is 1.90. The molecule has 0 aromatic heterocycles. The van der Waals surface area contributed by atoms with E-state index < -0.39 is 11.6 Å². The Morgan fingerprint density at radius 3 is 1.14 bits per heavy atom. The first-order valence-corrected chi connectivity index (χ1v) is 3.13. The summed E-state index contributed by atoms with van der Waals surface area (Å²) in [5.41, 5.74) is 22.0. The second-order valence-corrected chi connectivity index (χ2v) is 1.67. The average Bonchev–Trinajstić information content (AvgIpc) is 2.13. The quantitative estimate of drug-likeness (QED) is 0.192. The minimum atomic E-state index is -0.437. The van der Waals surface area contributed by atoms with E-state index in [1.165, 1.54) is 12.2 Å². The van der Waals surface area contributed by atoms with E-state index in [4.69, 9.17) is 22.1 Å². The second-order valence-electron chi connectivity index (χ2n) is 1.67. The number of nitrogens with zero attached hydrogens (tertiary/aromatic N) is 2. The summed E-state index contributed by atoms with van der Waals surface area (Å²) in [6.07, 6.45) is 5.60. The van der Waals surface area contributed by atoms with Gasteiger partial charge in [0, 0.05) is 0 Å². The molecule has 0 aromatic rings. The first-order valence-electron chi connectivity index (χ1n) is 3.13. The van der Waals surface area contributed by atoms with E-state index in [1.807, 2.05) is 9.82 Å². The molecule has 14 heavy (non-hydrogen) atoms. The van der Waals surface area contributed by atoms with Crippen LogP contribution in [0.1, 0.15) is 0 Å². The molecule has 8 nitrogen and oxygen atoms in total. The number of allylic oxidation sites excluding steroid dienone is 4. The van der Waals surface area contributed by atoms with Crippen LogP contribution >= 0.6 is 0 Å². The van der Waals surface area contributed by atoms with E-state index in [9.17, 15) is 9.59 Å². The van der Waals surface area contributed by atoms with Crippen LogP contribution in [-0.4, -0.2) is 11.6 Å². The number of hydrogen-bond donors (Lipinski definition) is 4. The zero-order chi connectivity index (χ0) is 11.4. The molecule has 1 aliphatic rings. The minimum Gasteiger partial charge on any atom is -0.286 e. The first-order chi connectivity index (χ1) is 6.63. The minimum absolute atomic E-state index is 0.437. The summed E-state index contributed by atoms with van der Waals surface area (Å²) in [6, 6.07) is 0. The van der Waals surface area contributed by atoms with Crippen molar-refractivity contribution in [3.05, 3.63) is 24.3 Å². The van der Waals surface area contributed by atoms with Crippen molar-refractivity contribution in [2.24, 2.45) is 0 Å². The Morgan fingerprint density at radius 2 is 1.00 bits per heavy atom. The number of rotatable bonds is 0. The summed E-state index contributed by atoms with van der Waals surface area (Å²) in [5, 5.41) is 0. The standard InChI is InChI=1S/C6H4O2.2H2N3/c7-5-3-1-2-4-6(5)8;2*1-3-2/h1-4H;2*1-2H/q;2*+1. The highest BCUT2D eigenvalue weighted by molar-refractivity contribution is 6.46. The fraction of sp³-hybridized carbons (Fsp3) is 0. The van der Waals surface area contributed by atoms with Gasteiger partial charge >= 0.3 is 0 Å². The molecule has 0 aromatic carbocycles. The number of carbonyl (C=O) groups excluding carboxylic acids is 2. The molecule has 0 unspecified atom stereocenters. The van der Waals surface area contributed by atoms with Gasteiger partial charge in [-0.25, -0.2) is 0 Å². The van der Waals surface area contributed by atoms with Gasteiger partial charge in [-0.1, -0.05) is 12.2 Å². The first kappa shape index (κ1) is 14.0. The zero-order valence-electron chi connectivity index (χ0n) is 7.02. The molecule has 0 bridgehead atoms. The lowest BCUT2D eigenvalue weighted by Gasteiger charge is -1.88. The lowest BCUT2D eigenvalue weighted by atomic mass is 10.1. The molecule has 0 saturated carbocycles. The number of nitrogens with one attached hydrogen (secondary N) is 4. The van der Waals surface area contributed by atoms with Crippen LogP contribution in [0.4, 0.5) is 0 Å². The van der Waals surface area contributed by atoms with E-state index in [1.54, 1.807) is 12.2 Å². The molecule has 4 N–H and O–H groups in total. The number of ketones is 2. The summed E-state index contributed by atoms with van der Waals surface area (Å²) in [5.74, 6) is -0.875. The van der Waals surface area contributed by atoms with Gasteiger partial charge in [-0.05, 0) is 12.2 Å². The Kier molecular flexibility index (Phi) is 10.4. The predicted molar refractivity (Wildman–Crippen MR) is 43.4 cm³/mol. The van der Waals surface area contributed by atoms with Crippen molar-refractivity contribution in [1.29, 1.82) is 22.1 Å². The highest BCUT2D eigenvalue weighted by Gasteiger charge is 2.06. The summed E-state index contributed by atoms with van der Waals surface area (Å²) >= 11 is 0. The fourth-order valence-corrected chi connectivity index (χ4v) is 0.450. The van der Waals surface area contributed by atoms with Crippen molar-refractivity contribution >= 4 is 11.6 Å². The van der Waals surface area contributed by atoms with Crippen molar-refractivity contribution in [2.75, 3.05) is 0 Å². The Balaban J connectivity index is 0. The molecule has 0 amide bonds. The summed E-state index contributed by atoms with van der Waals surface area (Å²) < 4.78 is 0. The van der Waals surface area contributed by atoms with Gasteiger partial charge in [0.1, 0.15) is 22.1 Å². The molecule has 8 heteroatoms. The molecule has 1 aliphatic carbocycles. The Hall–Kier alpha value is -2.56. The van der Waals surface area contributed by atoms with E-state index in [2.05, 4.69) is 0 Å². The van der Waals surface area contributed by atoms with Gasteiger partial charge in [-0.2, -0.15) is 0 Å². The maximum atomic E-state index is 10.3. The average molecular weight is 196 g/mol. The molecular weight excluding hydrogens is 188 g/mol. The van der Waals surface area contributed by atoms with E-state index in [0.29, 0.717) is 0 Å². The normalized spacial score (nSPS) is 11.1. The third kappa shape index (κ3) is 9.44. The molecule has 0 spiro atoms. The van der Waals surface area contributed by atoms with Crippen molar-refractivity contribution in [3.63, 3.8) is 0 Å². The lowest BCUT2D eigenvalue weighted by Crippen LogP contribution is -2.08. The van der Waals surface area contributed by atoms with Crippen LogP contribution in [0.15, 0.2) is 24.3 Å².